The van der Waals surface area contributed by atoms with Crippen molar-refractivity contribution in [2.24, 2.45) is 11.7 Å². The number of carboxylic acids is 1. The van der Waals surface area contributed by atoms with Gasteiger partial charge < -0.3 is 74.0 Å². The zero-order valence-corrected chi connectivity index (χ0v) is 33.2. The summed E-state index contributed by atoms with van der Waals surface area (Å²) in [6, 6.07) is 12.2. The Hall–Kier alpha value is -4.92. The number of fused-ring (bicyclic) bond motifs is 6. The van der Waals surface area contributed by atoms with Crippen LogP contribution in [0.25, 0.3) is 0 Å². The van der Waals surface area contributed by atoms with Gasteiger partial charge in [-0.15, -0.1) is 0 Å². The number of aliphatic hydroxyl groups excluding tert-OH is 3. The molecule has 0 spiro atoms. The highest BCUT2D eigenvalue weighted by atomic mass is 17.2. The molecule has 18 heteroatoms. The van der Waals surface area contributed by atoms with Crippen LogP contribution in [0.2, 0.25) is 0 Å². The van der Waals surface area contributed by atoms with Crippen LogP contribution in [-0.4, -0.2) is 121 Å². The minimum atomic E-state index is -1.54. The second kappa shape index (κ2) is 19.2. The SMILES string of the molecule is CC(C)Cc1c2c(cc3c1OC1c4cc(OOC5C(OCCN)OC(COC(=O)CC(=O)O)C(OCCCO)C5O)c(Cc5cccc(O)c5)cc4OCC31)OC(CO)O2. The molecule has 3 aromatic carbocycles. The summed E-state index contributed by atoms with van der Waals surface area (Å²) >= 11 is 0. The Labute approximate surface area is 345 Å². The molecule has 0 saturated carbocycles. The summed E-state index contributed by atoms with van der Waals surface area (Å²) in [4.78, 5) is 35.3. The zero-order chi connectivity index (χ0) is 42.5. The third-order valence-electron chi connectivity index (χ3n) is 10.4. The number of hydrogen-bond acceptors (Lipinski definition) is 17. The molecule has 0 amide bonds. The van der Waals surface area contributed by atoms with Gasteiger partial charge in [0.05, 0.1) is 19.1 Å². The predicted molar refractivity (Wildman–Crippen MR) is 206 cm³/mol. The number of esters is 1. The van der Waals surface area contributed by atoms with E-state index in [1.54, 1.807) is 24.3 Å². The van der Waals surface area contributed by atoms with Crippen molar-refractivity contribution in [1.29, 1.82) is 0 Å². The smallest absolute Gasteiger partial charge is 0.317 e. The molecule has 0 radical (unpaired) electrons. The van der Waals surface area contributed by atoms with Crippen molar-refractivity contribution < 1.29 is 82.8 Å². The van der Waals surface area contributed by atoms with Gasteiger partial charge in [0.15, 0.2) is 29.6 Å². The first-order valence-electron chi connectivity index (χ1n) is 19.9. The Morgan fingerprint density at radius 1 is 0.967 bits per heavy atom. The molecule has 18 nitrogen and oxygen atoms in total. The lowest BCUT2D eigenvalue weighted by Gasteiger charge is -2.42. The topological polar surface area (TPSA) is 254 Å². The summed E-state index contributed by atoms with van der Waals surface area (Å²) in [5, 5.41) is 50.2. The van der Waals surface area contributed by atoms with Crippen LogP contribution >= 0.6 is 0 Å². The maximum Gasteiger partial charge on any atom is 0.317 e. The van der Waals surface area contributed by atoms with Crippen LogP contribution in [0.1, 0.15) is 66.5 Å². The quantitative estimate of drug-likeness (QED) is 0.0333. The summed E-state index contributed by atoms with van der Waals surface area (Å²) in [7, 11) is 0. The fourth-order valence-electron chi connectivity index (χ4n) is 7.77. The summed E-state index contributed by atoms with van der Waals surface area (Å²) in [6.45, 7) is 3.47. The van der Waals surface area contributed by atoms with E-state index in [0.717, 1.165) is 16.7 Å². The van der Waals surface area contributed by atoms with Crippen LogP contribution < -0.4 is 29.6 Å². The second-order valence-electron chi connectivity index (χ2n) is 15.4. The van der Waals surface area contributed by atoms with E-state index in [9.17, 15) is 30.0 Å². The fourth-order valence-corrected chi connectivity index (χ4v) is 7.77. The first-order chi connectivity index (χ1) is 29.0. The Morgan fingerprint density at radius 3 is 2.53 bits per heavy atom. The average molecular weight is 842 g/mol. The van der Waals surface area contributed by atoms with Crippen LogP contribution in [0.3, 0.4) is 0 Å². The average Bonchev–Trinajstić information content (AvgIpc) is 3.81. The molecule has 4 heterocycles. The van der Waals surface area contributed by atoms with Gasteiger partial charge in [0.1, 0.15) is 61.3 Å². The van der Waals surface area contributed by atoms with E-state index < -0.39 is 68.1 Å². The molecule has 3 aromatic rings. The van der Waals surface area contributed by atoms with E-state index in [1.807, 2.05) is 18.2 Å². The third kappa shape index (κ3) is 9.50. The van der Waals surface area contributed by atoms with Crippen LogP contribution in [-0.2, 0) is 46.3 Å². The minimum absolute atomic E-state index is 0.0188. The van der Waals surface area contributed by atoms with Crippen LogP contribution in [0.5, 0.6) is 34.5 Å². The van der Waals surface area contributed by atoms with Gasteiger partial charge in [0.25, 0.3) is 6.29 Å². The van der Waals surface area contributed by atoms with Crippen LogP contribution in [0, 0.1) is 5.92 Å². The molecule has 8 unspecified atom stereocenters. The summed E-state index contributed by atoms with van der Waals surface area (Å²) < 4.78 is 48.1. The number of aliphatic hydroxyl groups is 3. The lowest BCUT2D eigenvalue weighted by molar-refractivity contribution is -0.375. The van der Waals surface area contributed by atoms with Gasteiger partial charge in [0, 0.05) is 48.4 Å². The predicted octanol–water partition coefficient (Wildman–Crippen LogP) is 2.41. The third-order valence-corrected chi connectivity index (χ3v) is 10.4. The van der Waals surface area contributed by atoms with Gasteiger partial charge in [-0.2, -0.15) is 4.89 Å². The largest absolute Gasteiger partial charge is 0.508 e. The number of hydrogen-bond donors (Lipinski definition) is 6. The lowest BCUT2D eigenvalue weighted by Crippen LogP contribution is -2.61. The van der Waals surface area contributed by atoms with Gasteiger partial charge in [-0.3, -0.25) is 9.59 Å². The lowest BCUT2D eigenvalue weighted by atomic mass is 9.86. The van der Waals surface area contributed by atoms with Gasteiger partial charge in [0.2, 0.25) is 0 Å². The molecule has 60 heavy (non-hydrogen) atoms. The van der Waals surface area contributed by atoms with Gasteiger partial charge >= 0.3 is 11.9 Å². The van der Waals surface area contributed by atoms with Crippen molar-refractivity contribution >= 4 is 11.9 Å². The molecule has 1 fully saturated rings. The number of ether oxygens (including phenoxy) is 8. The van der Waals surface area contributed by atoms with Crippen molar-refractivity contribution in [1.82, 2.24) is 0 Å². The summed E-state index contributed by atoms with van der Waals surface area (Å²) in [6.07, 6.45) is -7.75. The number of carbonyl (C=O) groups is 2. The number of phenolic OH excluding ortho intramolecular Hbond substituents is 1. The van der Waals surface area contributed by atoms with Gasteiger partial charge in [-0.1, -0.05) is 26.0 Å². The first-order valence-corrected chi connectivity index (χ1v) is 19.9. The molecule has 0 aliphatic carbocycles. The molecule has 1 saturated heterocycles. The van der Waals surface area contributed by atoms with Crippen molar-refractivity contribution in [2.45, 2.75) is 88.5 Å². The number of carboxylic acid groups (broad SMARTS) is 1. The van der Waals surface area contributed by atoms with Crippen LogP contribution in [0.4, 0.5) is 0 Å². The van der Waals surface area contributed by atoms with Crippen LogP contribution in [0.15, 0.2) is 42.5 Å². The monoisotopic (exact) mass is 841 g/mol. The standard InChI is InChI=1S/C42H51NO17/c1-21(2)11-27-37-25(15-31-39(27)57-35(18-45)55-31)28-19-53-30-14-23(12-22-5-3-6-24(46)13-22)29(16-26(30)38(28)58-37)59-60-41-36(50)40(51-9-4-8-44)32(56-42(41)52-10-7-43)20-54-34(49)17-33(47)48/h3,5-6,13-16,21,28,32,35-36,38,40-42,44-46,50H,4,7-12,17-20,43H2,1-2H3,(H,47,48). The van der Waals surface area contributed by atoms with E-state index in [0.29, 0.717) is 40.5 Å². The van der Waals surface area contributed by atoms with E-state index >= 15 is 0 Å². The number of aromatic hydroxyl groups is 1. The fraction of sp³-hybridized carbons (Fsp3) is 0.524. The van der Waals surface area contributed by atoms with E-state index in [2.05, 4.69) is 13.8 Å². The normalized spacial score (nSPS) is 24.9. The molecule has 7 N–H and O–H groups in total. The van der Waals surface area contributed by atoms with E-state index in [1.165, 1.54) is 0 Å². The van der Waals surface area contributed by atoms with E-state index in [4.69, 9.17) is 58.5 Å². The molecule has 0 bridgehead atoms. The molecule has 326 valence electrons. The van der Waals surface area contributed by atoms with Crippen molar-refractivity contribution in [3.05, 3.63) is 70.3 Å². The highest BCUT2D eigenvalue weighted by Crippen LogP contribution is 2.58. The number of carbonyl (C=O) groups excluding carboxylic acids is 1. The molecular weight excluding hydrogens is 790 g/mol. The molecule has 4 aliphatic heterocycles. The number of rotatable bonds is 19. The number of benzene rings is 3. The molecular formula is C42H51NO17. The highest BCUT2D eigenvalue weighted by Gasteiger charge is 2.50. The van der Waals surface area contributed by atoms with Gasteiger partial charge in [-0.05, 0) is 54.7 Å². The highest BCUT2D eigenvalue weighted by molar-refractivity contribution is 5.90. The van der Waals surface area contributed by atoms with Crippen molar-refractivity contribution in [3.63, 3.8) is 0 Å². The van der Waals surface area contributed by atoms with E-state index in [-0.39, 0.29) is 75.8 Å². The molecule has 8 atom stereocenters. The molecule has 4 aliphatic rings. The minimum Gasteiger partial charge on any atom is -0.508 e. The summed E-state index contributed by atoms with van der Waals surface area (Å²) in [5.74, 6) is 0.130. The Balaban J connectivity index is 1.20. The molecule has 7 rings (SSSR count). The first kappa shape index (κ1) is 43.2. The number of aliphatic carboxylic acids is 1. The molecule has 0 aromatic heterocycles. The maximum atomic E-state index is 12.1. The Morgan fingerprint density at radius 2 is 1.80 bits per heavy atom. The summed E-state index contributed by atoms with van der Waals surface area (Å²) in [5.41, 5.74) is 9.44. The zero-order valence-electron chi connectivity index (χ0n) is 33.2. The maximum absolute atomic E-state index is 12.1. The Kier molecular flexibility index (Phi) is 13.8. The number of nitrogens with two attached hydrogens (primary N) is 1. The van der Waals surface area contributed by atoms with Crippen molar-refractivity contribution in [2.75, 3.05) is 46.2 Å². The number of phenols is 1. The van der Waals surface area contributed by atoms with Gasteiger partial charge in [-0.25, -0.2) is 0 Å². The second-order valence-corrected chi connectivity index (χ2v) is 15.4. The van der Waals surface area contributed by atoms with Crippen molar-refractivity contribution in [3.8, 4) is 34.5 Å². The Bertz CT molecular complexity index is 1990.